The maximum absolute atomic E-state index is 6.18. The number of benzene rings is 2. The van der Waals surface area contributed by atoms with Crippen LogP contribution in [0.2, 0.25) is 5.02 Å². The maximum Gasteiger partial charge on any atom is 0.123 e. The summed E-state index contributed by atoms with van der Waals surface area (Å²) in [7, 11) is 1.73. The van der Waals surface area contributed by atoms with Gasteiger partial charge in [0.1, 0.15) is 5.75 Å². The summed E-state index contributed by atoms with van der Waals surface area (Å²) in [6, 6.07) is 15.1. The van der Waals surface area contributed by atoms with Gasteiger partial charge in [-0.1, -0.05) is 41.4 Å². The Labute approximate surface area is 149 Å². The minimum Gasteiger partial charge on any atom is -0.496 e. The summed E-state index contributed by atoms with van der Waals surface area (Å²) in [5.74, 6) is 0.941. The Morgan fingerprint density at radius 3 is 2.92 bits per heavy atom. The predicted molar refractivity (Wildman–Crippen MR) is 99.8 cm³/mol. The van der Waals surface area contributed by atoms with Crippen LogP contribution in [-0.2, 0) is 6.54 Å². The lowest BCUT2D eigenvalue weighted by molar-refractivity contribution is 0.303. The third-order valence-corrected chi connectivity index (χ3v) is 4.89. The molecule has 24 heavy (non-hydrogen) atoms. The van der Waals surface area contributed by atoms with E-state index in [9.17, 15) is 0 Å². The molecule has 3 rings (SSSR count). The van der Waals surface area contributed by atoms with E-state index in [2.05, 4.69) is 41.8 Å². The molecule has 0 bridgehead atoms. The Morgan fingerprint density at radius 1 is 1.25 bits per heavy atom. The van der Waals surface area contributed by atoms with Crippen molar-refractivity contribution in [2.24, 2.45) is 0 Å². The third-order valence-electron chi connectivity index (χ3n) is 4.66. The van der Waals surface area contributed by atoms with E-state index >= 15 is 0 Å². The van der Waals surface area contributed by atoms with Gasteiger partial charge in [0, 0.05) is 29.2 Å². The molecule has 0 amide bonds. The Morgan fingerprint density at radius 2 is 2.12 bits per heavy atom. The quantitative estimate of drug-likeness (QED) is 0.851. The van der Waals surface area contributed by atoms with Crippen LogP contribution in [0.5, 0.6) is 5.75 Å². The first kappa shape index (κ1) is 17.3. The highest BCUT2D eigenvalue weighted by atomic mass is 35.5. The Hall–Kier alpha value is -1.55. The first-order valence-corrected chi connectivity index (χ1v) is 8.91. The van der Waals surface area contributed by atoms with Gasteiger partial charge in [0.25, 0.3) is 0 Å². The number of halogens is 1. The smallest absolute Gasteiger partial charge is 0.123 e. The molecule has 0 aliphatic carbocycles. The monoisotopic (exact) mass is 344 g/mol. The van der Waals surface area contributed by atoms with E-state index in [0.29, 0.717) is 6.04 Å². The predicted octanol–water partition coefficient (Wildman–Crippen LogP) is 4.24. The molecular formula is C20H25ClN2O. The number of nitrogens with one attached hydrogen (secondary N) is 2. The fraction of sp³-hybridized carbons (Fsp3) is 0.400. The molecule has 0 spiro atoms. The van der Waals surface area contributed by atoms with Crippen LogP contribution in [-0.4, -0.2) is 19.7 Å². The van der Waals surface area contributed by atoms with Gasteiger partial charge in [0.05, 0.1) is 7.11 Å². The summed E-state index contributed by atoms with van der Waals surface area (Å²) >= 11 is 6.18. The Kier molecular flexibility index (Phi) is 5.77. The second-order valence-electron chi connectivity index (χ2n) is 6.43. The first-order chi connectivity index (χ1) is 11.7. The highest BCUT2D eigenvalue weighted by Gasteiger charge is 2.26. The van der Waals surface area contributed by atoms with Gasteiger partial charge in [0.15, 0.2) is 0 Å². The zero-order chi connectivity index (χ0) is 16.9. The third kappa shape index (κ3) is 4.10. The molecule has 1 aliphatic heterocycles. The summed E-state index contributed by atoms with van der Waals surface area (Å²) in [6.45, 7) is 3.96. The van der Waals surface area contributed by atoms with E-state index in [1.54, 1.807) is 7.11 Å². The largest absolute Gasteiger partial charge is 0.496 e. The number of rotatable bonds is 5. The molecule has 1 fully saturated rings. The Balaban J connectivity index is 1.74. The van der Waals surface area contributed by atoms with Crippen molar-refractivity contribution >= 4 is 11.6 Å². The number of hydrogen-bond donors (Lipinski definition) is 2. The molecule has 1 heterocycles. The van der Waals surface area contributed by atoms with Gasteiger partial charge in [-0.3, -0.25) is 0 Å². The van der Waals surface area contributed by atoms with Crippen LogP contribution in [0.3, 0.4) is 0 Å². The molecule has 4 heteroatoms. The van der Waals surface area contributed by atoms with Crippen LogP contribution in [0, 0.1) is 6.92 Å². The lowest BCUT2D eigenvalue weighted by Gasteiger charge is -2.34. The van der Waals surface area contributed by atoms with Gasteiger partial charge in [-0.25, -0.2) is 0 Å². The number of ether oxygens (including phenoxy) is 1. The molecule has 0 radical (unpaired) electrons. The molecular weight excluding hydrogens is 320 g/mol. The molecule has 128 valence electrons. The van der Waals surface area contributed by atoms with E-state index in [0.717, 1.165) is 30.3 Å². The van der Waals surface area contributed by atoms with Crippen LogP contribution in [0.1, 0.15) is 35.6 Å². The second kappa shape index (κ2) is 8.02. The van der Waals surface area contributed by atoms with Gasteiger partial charge < -0.3 is 15.4 Å². The standard InChI is InChI=1S/C20H25ClN2O/c1-14-8-9-19(24-2)16(11-14)13-23-18-7-4-10-22-20(18)15-5-3-6-17(21)12-15/h3,5-6,8-9,11-12,18,20,22-23H,4,7,10,13H2,1-2H3/t18-,20-/m0/s1. The SMILES string of the molecule is COc1ccc(C)cc1CN[C@H]1CCCN[C@H]1c1cccc(Cl)c1. The van der Waals surface area contributed by atoms with Crippen LogP contribution < -0.4 is 15.4 Å². The van der Waals surface area contributed by atoms with Gasteiger partial charge in [-0.05, 0) is 50.1 Å². The van der Waals surface area contributed by atoms with Crippen molar-refractivity contribution in [3.8, 4) is 5.75 Å². The lowest BCUT2D eigenvalue weighted by atomic mass is 9.92. The summed E-state index contributed by atoms with van der Waals surface area (Å²) in [5.41, 5.74) is 3.70. The molecule has 2 aromatic carbocycles. The first-order valence-electron chi connectivity index (χ1n) is 8.53. The normalized spacial score (nSPS) is 20.8. The van der Waals surface area contributed by atoms with E-state index in [-0.39, 0.29) is 6.04 Å². The van der Waals surface area contributed by atoms with Crippen molar-refractivity contribution in [3.05, 3.63) is 64.2 Å². The fourth-order valence-electron chi connectivity index (χ4n) is 3.45. The molecule has 0 unspecified atom stereocenters. The van der Waals surface area contributed by atoms with Crippen molar-refractivity contribution in [2.75, 3.05) is 13.7 Å². The molecule has 2 atom stereocenters. The van der Waals surface area contributed by atoms with Crippen LogP contribution in [0.25, 0.3) is 0 Å². The van der Waals surface area contributed by atoms with E-state index in [1.165, 1.54) is 23.1 Å². The average molecular weight is 345 g/mol. The lowest BCUT2D eigenvalue weighted by Crippen LogP contribution is -2.45. The fourth-order valence-corrected chi connectivity index (χ4v) is 3.64. The van der Waals surface area contributed by atoms with Gasteiger partial charge >= 0.3 is 0 Å². The molecule has 0 saturated carbocycles. The number of piperidine rings is 1. The van der Waals surface area contributed by atoms with E-state index in [1.807, 2.05) is 18.2 Å². The average Bonchev–Trinajstić information content (AvgIpc) is 2.60. The maximum atomic E-state index is 6.18. The van der Waals surface area contributed by atoms with Crippen molar-refractivity contribution in [1.82, 2.24) is 10.6 Å². The molecule has 2 N–H and O–H groups in total. The Bertz CT molecular complexity index is 689. The van der Waals surface area contributed by atoms with Crippen molar-refractivity contribution in [2.45, 2.75) is 38.4 Å². The summed E-state index contributed by atoms with van der Waals surface area (Å²) in [4.78, 5) is 0. The molecule has 0 aromatic heterocycles. The molecule has 1 saturated heterocycles. The van der Waals surface area contributed by atoms with Gasteiger partial charge in [-0.15, -0.1) is 0 Å². The number of hydrogen-bond acceptors (Lipinski definition) is 3. The summed E-state index contributed by atoms with van der Waals surface area (Å²) in [6.07, 6.45) is 2.33. The zero-order valence-electron chi connectivity index (χ0n) is 14.3. The van der Waals surface area contributed by atoms with Crippen molar-refractivity contribution in [1.29, 1.82) is 0 Å². The van der Waals surface area contributed by atoms with Crippen molar-refractivity contribution < 1.29 is 4.74 Å². The van der Waals surface area contributed by atoms with Crippen LogP contribution in [0.15, 0.2) is 42.5 Å². The minimum atomic E-state index is 0.285. The highest BCUT2D eigenvalue weighted by Crippen LogP contribution is 2.27. The highest BCUT2D eigenvalue weighted by molar-refractivity contribution is 6.30. The number of aryl methyl sites for hydroxylation is 1. The molecule has 1 aliphatic rings. The summed E-state index contributed by atoms with van der Waals surface area (Å²) < 4.78 is 5.49. The number of methoxy groups -OCH3 is 1. The van der Waals surface area contributed by atoms with Crippen LogP contribution in [0.4, 0.5) is 0 Å². The second-order valence-corrected chi connectivity index (χ2v) is 6.87. The van der Waals surface area contributed by atoms with Gasteiger partial charge in [0.2, 0.25) is 0 Å². The summed E-state index contributed by atoms with van der Waals surface area (Å²) in [5, 5.41) is 8.15. The zero-order valence-corrected chi connectivity index (χ0v) is 15.1. The van der Waals surface area contributed by atoms with Gasteiger partial charge in [-0.2, -0.15) is 0 Å². The van der Waals surface area contributed by atoms with E-state index < -0.39 is 0 Å². The molecule has 2 aromatic rings. The topological polar surface area (TPSA) is 33.3 Å². The minimum absolute atomic E-state index is 0.285. The van der Waals surface area contributed by atoms with Crippen molar-refractivity contribution in [3.63, 3.8) is 0 Å². The molecule has 3 nitrogen and oxygen atoms in total. The van der Waals surface area contributed by atoms with Crippen LogP contribution >= 0.6 is 11.6 Å². The van der Waals surface area contributed by atoms with E-state index in [4.69, 9.17) is 16.3 Å².